The zero-order chi connectivity index (χ0) is 10.8. The van der Waals surface area contributed by atoms with Crippen molar-refractivity contribution in [2.24, 2.45) is 11.7 Å². The van der Waals surface area contributed by atoms with Gasteiger partial charge in [0.25, 0.3) is 0 Å². The summed E-state index contributed by atoms with van der Waals surface area (Å²) < 4.78 is 0. The summed E-state index contributed by atoms with van der Waals surface area (Å²) in [5, 5.41) is 1.16. The zero-order valence-electron chi connectivity index (χ0n) is 10.7. The number of piperidine rings is 1. The molecule has 1 saturated heterocycles. The van der Waals surface area contributed by atoms with Gasteiger partial charge in [0, 0.05) is 36.8 Å². The molecule has 0 aliphatic carbocycles. The maximum absolute atomic E-state index is 6.00. The number of aromatic nitrogens is 1. The Kier molecular flexibility index (Phi) is 10.8. The molecule has 2 N–H and O–H groups in total. The molecule has 0 aromatic carbocycles. The van der Waals surface area contributed by atoms with E-state index in [2.05, 4.69) is 23.7 Å². The average Bonchev–Trinajstić information content (AvgIpc) is 2.58. The van der Waals surface area contributed by atoms with Crippen molar-refractivity contribution in [2.45, 2.75) is 32.9 Å². The van der Waals surface area contributed by atoms with Crippen LogP contribution in [0.5, 0.6) is 0 Å². The third kappa shape index (κ3) is 5.59. The highest BCUT2D eigenvalue weighted by atomic mass is 35.5. The highest BCUT2D eigenvalue weighted by Crippen LogP contribution is 2.19. The van der Waals surface area contributed by atoms with Gasteiger partial charge in [-0.05, 0) is 19.3 Å². The number of thiazole rings is 1. The van der Waals surface area contributed by atoms with Crippen LogP contribution in [0.1, 0.15) is 23.2 Å². The predicted molar refractivity (Wildman–Crippen MR) is 85.6 cm³/mol. The zero-order valence-corrected chi connectivity index (χ0v) is 13.9. The molecule has 0 amide bonds. The van der Waals surface area contributed by atoms with E-state index in [0.717, 1.165) is 31.1 Å². The maximum Gasteiger partial charge on any atom is 0.0897 e. The van der Waals surface area contributed by atoms with Crippen molar-refractivity contribution in [2.75, 3.05) is 13.1 Å². The van der Waals surface area contributed by atoms with Crippen LogP contribution in [0.2, 0.25) is 0 Å². The van der Waals surface area contributed by atoms with Crippen LogP contribution in [0.25, 0.3) is 0 Å². The Morgan fingerprint density at radius 1 is 1.44 bits per heavy atom. The molecule has 2 heterocycles. The summed E-state index contributed by atoms with van der Waals surface area (Å²) in [5.74, 6) is 0.618. The van der Waals surface area contributed by atoms with Crippen molar-refractivity contribution in [1.29, 1.82) is 0 Å². The number of halogens is 3. The normalized spacial score (nSPS) is 23.5. The Hall–Kier alpha value is 0.420. The molecule has 1 aromatic rings. The SMILES string of the molecule is Cc1ncc(CN2CCC(N)C(C)C2)s1.Cl.Cl.Cl. The summed E-state index contributed by atoms with van der Waals surface area (Å²) in [6.45, 7) is 7.60. The van der Waals surface area contributed by atoms with Gasteiger partial charge in [-0.15, -0.1) is 48.6 Å². The molecule has 0 radical (unpaired) electrons. The predicted octanol–water partition coefficient (Wildman–Crippen LogP) is 2.89. The third-order valence-corrected chi connectivity index (χ3v) is 4.00. The van der Waals surface area contributed by atoms with Gasteiger partial charge in [-0.25, -0.2) is 4.98 Å². The topological polar surface area (TPSA) is 42.2 Å². The van der Waals surface area contributed by atoms with Crippen molar-refractivity contribution in [3.8, 4) is 0 Å². The van der Waals surface area contributed by atoms with Gasteiger partial charge in [-0.3, -0.25) is 4.90 Å². The minimum Gasteiger partial charge on any atom is -0.327 e. The summed E-state index contributed by atoms with van der Waals surface area (Å²) in [6.07, 6.45) is 3.12. The molecule has 0 saturated carbocycles. The lowest BCUT2D eigenvalue weighted by Gasteiger charge is -2.34. The van der Waals surface area contributed by atoms with E-state index in [1.807, 2.05) is 6.20 Å². The van der Waals surface area contributed by atoms with Gasteiger partial charge in [-0.2, -0.15) is 0 Å². The molecular formula is C11H22Cl3N3S. The monoisotopic (exact) mass is 333 g/mol. The minimum atomic E-state index is 0. The van der Waals surface area contributed by atoms with Crippen LogP contribution in [-0.4, -0.2) is 29.0 Å². The van der Waals surface area contributed by atoms with E-state index >= 15 is 0 Å². The van der Waals surface area contributed by atoms with Crippen LogP contribution >= 0.6 is 48.6 Å². The second-order valence-corrected chi connectivity index (χ2v) is 5.83. The minimum absolute atomic E-state index is 0. The molecule has 7 heteroatoms. The number of hydrogen-bond donors (Lipinski definition) is 1. The Bertz CT molecular complexity index is 335. The summed E-state index contributed by atoms with van der Waals surface area (Å²) in [5.41, 5.74) is 6.00. The molecule has 1 aliphatic rings. The smallest absolute Gasteiger partial charge is 0.0897 e. The average molecular weight is 335 g/mol. The lowest BCUT2D eigenvalue weighted by molar-refractivity contribution is 0.159. The fourth-order valence-electron chi connectivity index (χ4n) is 2.09. The second kappa shape index (κ2) is 9.34. The standard InChI is InChI=1S/C11H19N3S.3ClH/c1-8-6-14(4-3-11(8)12)7-10-5-13-9(2)15-10;;;/h5,8,11H,3-4,6-7,12H2,1-2H3;3*1H. The second-order valence-electron chi connectivity index (χ2n) is 4.51. The van der Waals surface area contributed by atoms with Crippen LogP contribution in [0.4, 0.5) is 0 Å². The lowest BCUT2D eigenvalue weighted by Crippen LogP contribution is -2.45. The number of aryl methyl sites for hydroxylation is 1. The molecule has 2 unspecified atom stereocenters. The Labute approximate surface area is 132 Å². The van der Waals surface area contributed by atoms with Crippen LogP contribution in [-0.2, 0) is 6.54 Å². The van der Waals surface area contributed by atoms with Gasteiger partial charge in [-0.1, -0.05) is 6.92 Å². The van der Waals surface area contributed by atoms with E-state index in [9.17, 15) is 0 Å². The summed E-state index contributed by atoms with van der Waals surface area (Å²) in [4.78, 5) is 8.14. The molecule has 0 bridgehead atoms. The number of rotatable bonds is 2. The van der Waals surface area contributed by atoms with Gasteiger partial charge in [0.15, 0.2) is 0 Å². The van der Waals surface area contributed by atoms with Crippen molar-refractivity contribution in [1.82, 2.24) is 9.88 Å². The molecule has 1 aliphatic heterocycles. The molecule has 3 nitrogen and oxygen atoms in total. The van der Waals surface area contributed by atoms with Crippen LogP contribution in [0.3, 0.4) is 0 Å². The Balaban J connectivity index is 0. The van der Waals surface area contributed by atoms with E-state index in [-0.39, 0.29) is 37.2 Å². The maximum atomic E-state index is 6.00. The van der Waals surface area contributed by atoms with Gasteiger partial charge in [0.1, 0.15) is 0 Å². The van der Waals surface area contributed by atoms with Crippen molar-refractivity contribution in [3.63, 3.8) is 0 Å². The molecule has 2 rings (SSSR count). The molecule has 2 atom stereocenters. The summed E-state index contributed by atoms with van der Waals surface area (Å²) in [6, 6.07) is 0.393. The van der Waals surface area contributed by atoms with E-state index in [4.69, 9.17) is 5.73 Å². The molecule has 1 aromatic heterocycles. The van der Waals surface area contributed by atoms with Gasteiger partial charge in [0.2, 0.25) is 0 Å². The molecule has 0 spiro atoms. The van der Waals surface area contributed by atoms with E-state index in [1.54, 1.807) is 11.3 Å². The fourth-order valence-corrected chi connectivity index (χ4v) is 2.93. The summed E-state index contributed by atoms with van der Waals surface area (Å²) in [7, 11) is 0. The Morgan fingerprint density at radius 3 is 2.61 bits per heavy atom. The molecule has 1 fully saturated rings. The van der Waals surface area contributed by atoms with Gasteiger partial charge >= 0.3 is 0 Å². The van der Waals surface area contributed by atoms with Gasteiger partial charge in [0.05, 0.1) is 5.01 Å². The molecular weight excluding hydrogens is 313 g/mol. The first-order chi connectivity index (χ1) is 7.15. The quantitative estimate of drug-likeness (QED) is 0.904. The van der Waals surface area contributed by atoms with Crippen LogP contribution in [0, 0.1) is 12.8 Å². The summed E-state index contributed by atoms with van der Waals surface area (Å²) >= 11 is 1.80. The number of nitrogens with zero attached hydrogens (tertiary/aromatic N) is 2. The first-order valence-corrected chi connectivity index (χ1v) is 6.36. The van der Waals surface area contributed by atoms with E-state index in [1.165, 1.54) is 4.88 Å². The fraction of sp³-hybridized carbons (Fsp3) is 0.727. The van der Waals surface area contributed by atoms with Crippen molar-refractivity contribution in [3.05, 3.63) is 16.1 Å². The van der Waals surface area contributed by atoms with Crippen molar-refractivity contribution >= 4 is 48.6 Å². The van der Waals surface area contributed by atoms with Crippen LogP contribution in [0.15, 0.2) is 6.20 Å². The third-order valence-electron chi connectivity index (χ3n) is 3.10. The highest BCUT2D eigenvalue weighted by Gasteiger charge is 2.23. The van der Waals surface area contributed by atoms with E-state index in [0.29, 0.717) is 12.0 Å². The first-order valence-electron chi connectivity index (χ1n) is 5.54. The molecule has 108 valence electrons. The van der Waals surface area contributed by atoms with E-state index < -0.39 is 0 Å². The van der Waals surface area contributed by atoms with Crippen LogP contribution < -0.4 is 5.73 Å². The number of nitrogens with two attached hydrogens (primary N) is 1. The first kappa shape index (κ1) is 20.7. The van der Waals surface area contributed by atoms with Gasteiger partial charge < -0.3 is 5.73 Å². The Morgan fingerprint density at radius 2 is 2.11 bits per heavy atom. The molecule has 18 heavy (non-hydrogen) atoms. The number of likely N-dealkylation sites (tertiary alicyclic amines) is 1. The highest BCUT2D eigenvalue weighted by molar-refractivity contribution is 7.11. The lowest BCUT2D eigenvalue weighted by atomic mass is 9.95. The number of hydrogen-bond acceptors (Lipinski definition) is 4. The largest absolute Gasteiger partial charge is 0.327 e. The van der Waals surface area contributed by atoms with Crippen molar-refractivity contribution < 1.29 is 0 Å².